The van der Waals surface area contributed by atoms with Gasteiger partial charge in [-0.1, -0.05) is 127 Å². The van der Waals surface area contributed by atoms with Gasteiger partial charge in [0.05, 0.1) is 4.91 Å². The Labute approximate surface area is 229 Å². The van der Waals surface area contributed by atoms with Crippen LogP contribution in [0.2, 0.25) is 0 Å². The van der Waals surface area contributed by atoms with E-state index in [1.807, 2.05) is 84.9 Å². The van der Waals surface area contributed by atoms with Gasteiger partial charge in [-0.15, -0.1) is 11.8 Å². The van der Waals surface area contributed by atoms with E-state index in [0.29, 0.717) is 6.54 Å². The molecule has 0 atom stereocenters. The van der Waals surface area contributed by atoms with Crippen molar-refractivity contribution in [1.29, 1.82) is 0 Å². The Hall–Kier alpha value is -2.30. The SMILES string of the molecule is C=C(C)CN.CC.CC.CC(C)C.CCN/C(C)=C(/C=O)SCc1ccccc1.Cc1ccccc1. The molecule has 36 heavy (non-hydrogen) atoms. The lowest BCUT2D eigenvalue weighted by Gasteiger charge is -2.07. The van der Waals surface area contributed by atoms with Crippen LogP contribution in [0.5, 0.6) is 0 Å². The highest BCUT2D eigenvalue weighted by molar-refractivity contribution is 8.03. The van der Waals surface area contributed by atoms with Crippen LogP contribution in [-0.4, -0.2) is 19.4 Å². The Morgan fingerprint density at radius 1 is 0.944 bits per heavy atom. The quantitative estimate of drug-likeness (QED) is 0.219. The van der Waals surface area contributed by atoms with Gasteiger partial charge in [-0.05, 0) is 39.2 Å². The number of carbonyl (C=O) groups is 1. The molecule has 0 unspecified atom stereocenters. The first-order valence-corrected chi connectivity index (χ1v) is 14.1. The molecule has 3 nitrogen and oxygen atoms in total. The van der Waals surface area contributed by atoms with Crippen LogP contribution < -0.4 is 11.1 Å². The summed E-state index contributed by atoms with van der Waals surface area (Å²) in [6.45, 7) is 27.4. The van der Waals surface area contributed by atoms with E-state index in [1.165, 1.54) is 11.1 Å². The van der Waals surface area contributed by atoms with Crippen LogP contribution in [-0.2, 0) is 10.5 Å². The van der Waals surface area contributed by atoms with E-state index in [2.05, 4.69) is 63.9 Å². The third-order valence-electron chi connectivity index (χ3n) is 3.44. The summed E-state index contributed by atoms with van der Waals surface area (Å²) in [6, 6.07) is 20.4. The number of allylic oxidation sites excluding steroid dienone is 2. The molecule has 0 heterocycles. The second-order valence-corrected chi connectivity index (χ2v) is 8.98. The van der Waals surface area contributed by atoms with Crippen molar-refractivity contribution in [3.05, 3.63) is 94.5 Å². The second-order valence-electron chi connectivity index (χ2n) is 7.96. The fraction of sp³-hybridized carbons (Fsp3) is 0.469. The molecule has 0 bridgehead atoms. The van der Waals surface area contributed by atoms with Crippen LogP contribution in [0.25, 0.3) is 0 Å². The molecule has 0 spiro atoms. The molecule has 0 aliphatic rings. The number of hydrogen-bond donors (Lipinski definition) is 2. The number of hydrogen-bond acceptors (Lipinski definition) is 4. The predicted molar refractivity (Wildman–Crippen MR) is 168 cm³/mol. The van der Waals surface area contributed by atoms with Crippen molar-refractivity contribution in [2.45, 2.75) is 81.9 Å². The molecule has 2 aromatic carbocycles. The molecule has 0 amide bonds. The Bertz CT molecular complexity index is 739. The van der Waals surface area contributed by atoms with Crippen LogP contribution in [0.1, 0.15) is 80.4 Å². The van der Waals surface area contributed by atoms with E-state index in [4.69, 9.17) is 5.73 Å². The summed E-state index contributed by atoms with van der Waals surface area (Å²) in [4.78, 5) is 11.7. The monoisotopic (exact) mass is 516 g/mol. The zero-order chi connectivity index (χ0) is 28.8. The number of aryl methyl sites for hydroxylation is 1. The molecular weight excluding hydrogens is 460 g/mol. The van der Waals surface area contributed by atoms with Crippen molar-refractivity contribution in [3.63, 3.8) is 0 Å². The number of aldehydes is 1. The van der Waals surface area contributed by atoms with Gasteiger partial charge in [0, 0.05) is 24.5 Å². The van der Waals surface area contributed by atoms with Crippen LogP contribution in [0.15, 0.2) is 83.4 Å². The van der Waals surface area contributed by atoms with E-state index in [1.54, 1.807) is 11.8 Å². The second kappa shape index (κ2) is 32.7. The zero-order valence-corrected chi connectivity index (χ0v) is 26.0. The molecule has 0 radical (unpaired) electrons. The molecular formula is C32H56N2OS. The van der Waals surface area contributed by atoms with Crippen LogP contribution in [0.3, 0.4) is 0 Å². The molecule has 0 aliphatic carbocycles. The van der Waals surface area contributed by atoms with Crippen molar-refractivity contribution in [1.82, 2.24) is 5.32 Å². The van der Waals surface area contributed by atoms with E-state index < -0.39 is 0 Å². The number of thioether (sulfide) groups is 1. The van der Waals surface area contributed by atoms with Gasteiger partial charge >= 0.3 is 0 Å². The van der Waals surface area contributed by atoms with Crippen LogP contribution >= 0.6 is 11.8 Å². The number of rotatable bonds is 7. The smallest absolute Gasteiger partial charge is 0.158 e. The maximum absolute atomic E-state index is 10.9. The third kappa shape index (κ3) is 33.9. The van der Waals surface area contributed by atoms with E-state index >= 15 is 0 Å². The summed E-state index contributed by atoms with van der Waals surface area (Å²) in [7, 11) is 0. The van der Waals surface area contributed by atoms with Gasteiger partial charge in [0.2, 0.25) is 0 Å². The Morgan fingerprint density at radius 2 is 1.33 bits per heavy atom. The lowest BCUT2D eigenvalue weighted by atomic mass is 10.2. The predicted octanol–water partition coefficient (Wildman–Crippen LogP) is 9.19. The highest BCUT2D eigenvalue weighted by Gasteiger charge is 2.02. The molecule has 4 heteroatoms. The minimum atomic E-state index is 0.611. The molecule has 0 saturated heterocycles. The van der Waals surface area contributed by atoms with Gasteiger partial charge in [0.15, 0.2) is 6.29 Å². The Balaban J connectivity index is -0.000000212. The topological polar surface area (TPSA) is 55.1 Å². The summed E-state index contributed by atoms with van der Waals surface area (Å²) in [6.07, 6.45) is 0.922. The average molecular weight is 517 g/mol. The van der Waals surface area contributed by atoms with Crippen molar-refractivity contribution < 1.29 is 4.79 Å². The molecule has 0 aliphatic heterocycles. The maximum atomic E-state index is 10.9. The number of benzene rings is 2. The third-order valence-corrected chi connectivity index (χ3v) is 4.64. The van der Waals surface area contributed by atoms with E-state index in [-0.39, 0.29) is 0 Å². The first-order valence-electron chi connectivity index (χ1n) is 13.1. The first-order chi connectivity index (χ1) is 17.2. The highest BCUT2D eigenvalue weighted by atomic mass is 32.2. The lowest BCUT2D eigenvalue weighted by molar-refractivity contribution is -0.104. The largest absolute Gasteiger partial charge is 0.388 e. The lowest BCUT2D eigenvalue weighted by Crippen LogP contribution is -2.11. The van der Waals surface area contributed by atoms with Crippen molar-refractivity contribution in [3.8, 4) is 0 Å². The summed E-state index contributed by atoms with van der Waals surface area (Å²) < 4.78 is 0. The minimum Gasteiger partial charge on any atom is -0.388 e. The molecule has 0 saturated carbocycles. The molecule has 2 rings (SSSR count). The minimum absolute atomic E-state index is 0.611. The number of nitrogens with two attached hydrogens (primary N) is 1. The molecule has 0 aromatic heterocycles. The van der Waals surface area contributed by atoms with Gasteiger partial charge < -0.3 is 11.1 Å². The molecule has 2 aromatic rings. The molecule has 3 N–H and O–H groups in total. The standard InChI is InChI=1S/C13H17NOS.C7H8.C4H9N.C4H10.2C2H6/c1-3-14-11(2)13(9-15)16-10-12-7-5-4-6-8-12;1-7-5-3-2-4-6-7;1-4(2)3-5;1-4(2)3;2*1-2/h4-9,14H,3,10H2,1-2H3;2-6H,1H3;1,3,5H2,2H3;4H,1-3H3;2*1-2H3/b13-11-;;;;;. The fourth-order valence-electron chi connectivity index (χ4n) is 1.85. The van der Waals surface area contributed by atoms with Crippen molar-refractivity contribution in [2.24, 2.45) is 11.7 Å². The normalized spacial score (nSPS) is 9.36. The summed E-state index contributed by atoms with van der Waals surface area (Å²) >= 11 is 1.57. The van der Waals surface area contributed by atoms with E-state index in [0.717, 1.165) is 40.7 Å². The van der Waals surface area contributed by atoms with Crippen LogP contribution in [0.4, 0.5) is 0 Å². The van der Waals surface area contributed by atoms with Crippen molar-refractivity contribution >= 4 is 18.0 Å². The number of carbonyl (C=O) groups excluding carboxylic acids is 1. The maximum Gasteiger partial charge on any atom is 0.158 e. The van der Waals surface area contributed by atoms with Gasteiger partial charge in [0.25, 0.3) is 0 Å². The van der Waals surface area contributed by atoms with Crippen LogP contribution in [0, 0.1) is 12.8 Å². The van der Waals surface area contributed by atoms with Gasteiger partial charge in [-0.2, -0.15) is 0 Å². The summed E-state index contributed by atoms with van der Waals surface area (Å²) in [5.41, 5.74) is 9.62. The Kier molecular flexibility index (Phi) is 37.1. The van der Waals surface area contributed by atoms with Gasteiger partial charge in [0.1, 0.15) is 0 Å². The molecule has 0 fully saturated rings. The fourth-order valence-corrected chi connectivity index (χ4v) is 2.72. The number of nitrogens with one attached hydrogen (secondary N) is 1. The first kappa shape index (κ1) is 40.9. The summed E-state index contributed by atoms with van der Waals surface area (Å²) in [5, 5.41) is 3.16. The van der Waals surface area contributed by atoms with Gasteiger partial charge in [-0.25, -0.2) is 0 Å². The van der Waals surface area contributed by atoms with Crippen molar-refractivity contribution in [2.75, 3.05) is 13.1 Å². The Morgan fingerprint density at radius 3 is 1.61 bits per heavy atom. The zero-order valence-electron chi connectivity index (χ0n) is 25.2. The summed E-state index contributed by atoms with van der Waals surface area (Å²) in [5.74, 6) is 1.66. The average Bonchev–Trinajstić information content (AvgIpc) is 2.88. The highest BCUT2D eigenvalue weighted by Crippen LogP contribution is 2.21. The van der Waals surface area contributed by atoms with E-state index in [9.17, 15) is 4.79 Å². The van der Waals surface area contributed by atoms with Gasteiger partial charge in [-0.3, -0.25) is 4.79 Å². The molecule has 206 valence electrons.